The smallest absolute Gasteiger partial charge is 0.229 e. The van der Waals surface area contributed by atoms with Crippen molar-refractivity contribution in [1.82, 2.24) is 0 Å². The van der Waals surface area contributed by atoms with Crippen molar-refractivity contribution in [3.8, 4) is 23.0 Å². The zero-order chi connectivity index (χ0) is 34.7. The van der Waals surface area contributed by atoms with Gasteiger partial charge in [0.1, 0.15) is 54.9 Å². The molecule has 5 rings (SSSR count). The fourth-order valence-electron chi connectivity index (χ4n) is 5.99. The molecule has 3 aliphatic heterocycles. The zero-order valence-electron chi connectivity index (χ0n) is 26.2. The second-order valence-corrected chi connectivity index (χ2v) is 11.6. The number of hydrogen-bond donors (Lipinski definition) is 9. The third kappa shape index (κ3) is 7.11. The minimum absolute atomic E-state index is 0.101. The summed E-state index contributed by atoms with van der Waals surface area (Å²) in [5.74, 6) is 0.456. The number of benzene rings is 2. The van der Waals surface area contributed by atoms with Crippen LogP contribution in [-0.2, 0) is 14.2 Å². The number of methoxy groups -OCH3 is 2. The molecule has 16 nitrogen and oxygen atoms in total. The van der Waals surface area contributed by atoms with Crippen LogP contribution in [0.3, 0.4) is 0 Å². The van der Waals surface area contributed by atoms with Gasteiger partial charge >= 0.3 is 0 Å². The van der Waals surface area contributed by atoms with Crippen molar-refractivity contribution >= 4 is 6.08 Å². The molecule has 0 bridgehead atoms. The van der Waals surface area contributed by atoms with Crippen molar-refractivity contribution in [3.63, 3.8) is 0 Å². The molecule has 266 valence electrons. The summed E-state index contributed by atoms with van der Waals surface area (Å²) in [4.78, 5) is 0. The summed E-state index contributed by atoms with van der Waals surface area (Å²) in [7, 11) is 2.85. The van der Waals surface area contributed by atoms with Crippen LogP contribution in [0.2, 0.25) is 0 Å². The number of fused-ring (bicyclic) bond motifs is 1. The summed E-state index contributed by atoms with van der Waals surface area (Å²) in [6.07, 6.45) is -12.4. The van der Waals surface area contributed by atoms with Gasteiger partial charge in [-0.1, -0.05) is 18.2 Å². The van der Waals surface area contributed by atoms with E-state index in [2.05, 4.69) is 0 Å². The standard InChI is InChI=1S/C32H42O16/c1-42-19-10-15(5-6-18(19)45-32-28(41)26(39)24(37)22(12-35)47-32)29-17(13-44-31-27(40)25(38)23(36)21(11-34)46-31)16-8-14(4-3-7-33)9-20(43-2)30(16)48-29/h3-6,8-10,17,21-29,31-41H,7,11-13H2,1-2H3/b4-3+/t17-,21-,22-,23-,24-,25+,26+,27-,28-,29+,31-,32-/m1/s1. The van der Waals surface area contributed by atoms with E-state index in [0.717, 1.165) is 0 Å². The van der Waals surface area contributed by atoms with E-state index in [9.17, 15) is 46.0 Å². The number of rotatable bonds is 12. The molecular formula is C32H42O16. The Hall–Kier alpha value is -3.10. The molecule has 2 saturated heterocycles. The summed E-state index contributed by atoms with van der Waals surface area (Å²) < 4.78 is 40.4. The molecule has 0 radical (unpaired) electrons. The van der Waals surface area contributed by atoms with E-state index < -0.39 is 86.6 Å². The summed E-state index contributed by atoms with van der Waals surface area (Å²) in [5, 5.41) is 90.3. The maximum atomic E-state index is 10.6. The topological polar surface area (TPSA) is 247 Å². The van der Waals surface area contributed by atoms with Crippen molar-refractivity contribution < 1.29 is 79.1 Å². The summed E-state index contributed by atoms with van der Waals surface area (Å²) >= 11 is 0. The molecule has 0 aromatic heterocycles. The molecule has 12 atom stereocenters. The summed E-state index contributed by atoms with van der Waals surface area (Å²) in [6.45, 7) is -1.60. The van der Waals surface area contributed by atoms with E-state index in [0.29, 0.717) is 28.2 Å². The van der Waals surface area contributed by atoms with Crippen LogP contribution < -0.4 is 18.9 Å². The second-order valence-electron chi connectivity index (χ2n) is 11.6. The number of hydrogen-bond acceptors (Lipinski definition) is 16. The van der Waals surface area contributed by atoms with Crippen LogP contribution in [0, 0.1) is 0 Å². The molecule has 2 aromatic carbocycles. The highest BCUT2D eigenvalue weighted by molar-refractivity contribution is 5.62. The van der Waals surface area contributed by atoms with E-state index >= 15 is 0 Å². The minimum atomic E-state index is -1.65. The molecule has 0 saturated carbocycles. The maximum Gasteiger partial charge on any atom is 0.229 e. The number of ether oxygens (including phenoxy) is 7. The normalized spacial score (nSPS) is 34.9. The fraction of sp³-hybridized carbons (Fsp3) is 0.562. The molecule has 0 amide bonds. The largest absolute Gasteiger partial charge is 0.493 e. The fourth-order valence-corrected chi connectivity index (χ4v) is 5.99. The molecule has 3 heterocycles. The van der Waals surface area contributed by atoms with Crippen LogP contribution in [0.5, 0.6) is 23.0 Å². The highest BCUT2D eigenvalue weighted by Gasteiger charge is 2.47. The molecule has 2 aromatic rings. The van der Waals surface area contributed by atoms with Crippen LogP contribution in [0.15, 0.2) is 36.4 Å². The average molecular weight is 683 g/mol. The molecular weight excluding hydrogens is 640 g/mol. The SMILES string of the molecule is COc1cc([C@@H]2Oc3c(OC)cc(/C=C/CO)cc3[C@H]2CO[C@@H]2O[C@H](CO)[C@@H](O)[C@H](O)[C@H]2O)ccc1O[C@@H]1O[C@H](CO)[C@@H](O)[C@H](O)[C@H]1O. The van der Waals surface area contributed by atoms with Gasteiger partial charge in [0.25, 0.3) is 0 Å². The van der Waals surface area contributed by atoms with Gasteiger partial charge in [0.2, 0.25) is 6.29 Å². The van der Waals surface area contributed by atoms with Crippen molar-refractivity contribution in [3.05, 3.63) is 53.1 Å². The first-order valence-corrected chi connectivity index (χ1v) is 15.3. The van der Waals surface area contributed by atoms with Crippen molar-refractivity contribution in [2.45, 2.75) is 73.4 Å². The molecule has 0 spiro atoms. The van der Waals surface area contributed by atoms with Crippen molar-refractivity contribution in [2.24, 2.45) is 0 Å². The van der Waals surface area contributed by atoms with E-state index in [1.54, 1.807) is 30.4 Å². The Bertz CT molecular complexity index is 1400. The predicted molar refractivity (Wildman–Crippen MR) is 162 cm³/mol. The number of aliphatic hydroxyl groups excluding tert-OH is 9. The van der Waals surface area contributed by atoms with Gasteiger partial charge in [-0.2, -0.15) is 0 Å². The van der Waals surface area contributed by atoms with E-state index in [-0.39, 0.29) is 24.7 Å². The third-order valence-electron chi connectivity index (χ3n) is 8.65. The van der Waals surface area contributed by atoms with Gasteiger partial charge in [-0.05, 0) is 35.4 Å². The Balaban J connectivity index is 1.46. The Morgan fingerprint density at radius 3 is 1.94 bits per heavy atom. The second kappa shape index (κ2) is 15.6. The lowest BCUT2D eigenvalue weighted by molar-refractivity contribution is -0.302. The van der Waals surface area contributed by atoms with E-state index in [4.69, 9.17) is 33.2 Å². The van der Waals surface area contributed by atoms with Gasteiger partial charge < -0.3 is 79.1 Å². The van der Waals surface area contributed by atoms with Gasteiger partial charge in [-0.25, -0.2) is 0 Å². The molecule has 0 unspecified atom stereocenters. The molecule has 9 N–H and O–H groups in total. The van der Waals surface area contributed by atoms with Crippen molar-refractivity contribution in [1.29, 1.82) is 0 Å². The minimum Gasteiger partial charge on any atom is -0.493 e. The van der Waals surface area contributed by atoms with Gasteiger partial charge in [0.05, 0.1) is 46.6 Å². The summed E-state index contributed by atoms with van der Waals surface area (Å²) in [6, 6.07) is 8.32. The van der Waals surface area contributed by atoms with E-state index in [1.165, 1.54) is 20.3 Å². The average Bonchev–Trinajstić information content (AvgIpc) is 3.47. The Labute approximate surface area is 275 Å². The first kappa shape index (κ1) is 36.2. The highest BCUT2D eigenvalue weighted by atomic mass is 16.7. The summed E-state index contributed by atoms with van der Waals surface area (Å²) in [5.41, 5.74) is 1.88. The lowest BCUT2D eigenvalue weighted by atomic mass is 9.90. The van der Waals surface area contributed by atoms with Gasteiger partial charge in [-0.15, -0.1) is 0 Å². The van der Waals surface area contributed by atoms with Crippen LogP contribution in [0.25, 0.3) is 6.08 Å². The van der Waals surface area contributed by atoms with E-state index in [1.807, 2.05) is 6.07 Å². The predicted octanol–water partition coefficient (Wildman–Crippen LogP) is -2.08. The Morgan fingerprint density at radius 2 is 1.33 bits per heavy atom. The van der Waals surface area contributed by atoms with Crippen molar-refractivity contribution in [2.75, 3.05) is 40.6 Å². The molecule has 48 heavy (non-hydrogen) atoms. The molecule has 2 fully saturated rings. The molecule has 16 heteroatoms. The van der Waals surface area contributed by atoms with Gasteiger partial charge in [0.15, 0.2) is 29.3 Å². The first-order chi connectivity index (χ1) is 23.1. The van der Waals surface area contributed by atoms with Crippen LogP contribution in [0.4, 0.5) is 0 Å². The lowest BCUT2D eigenvalue weighted by Gasteiger charge is -2.40. The first-order valence-electron chi connectivity index (χ1n) is 15.3. The van der Waals surface area contributed by atoms with Crippen LogP contribution in [-0.4, -0.2) is 148 Å². The van der Waals surface area contributed by atoms with Crippen LogP contribution >= 0.6 is 0 Å². The zero-order valence-corrected chi connectivity index (χ0v) is 26.2. The third-order valence-corrected chi connectivity index (χ3v) is 8.65. The number of aliphatic hydroxyl groups is 9. The molecule has 0 aliphatic carbocycles. The highest BCUT2D eigenvalue weighted by Crippen LogP contribution is 2.52. The Kier molecular flexibility index (Phi) is 11.8. The quantitative estimate of drug-likeness (QED) is 0.117. The lowest BCUT2D eigenvalue weighted by Crippen LogP contribution is -2.60. The van der Waals surface area contributed by atoms with Gasteiger partial charge in [0, 0.05) is 5.56 Å². The van der Waals surface area contributed by atoms with Gasteiger partial charge in [-0.3, -0.25) is 0 Å². The maximum absolute atomic E-state index is 10.6. The van der Waals surface area contributed by atoms with Crippen LogP contribution in [0.1, 0.15) is 28.7 Å². The molecule has 3 aliphatic rings. The monoisotopic (exact) mass is 682 g/mol. The Morgan fingerprint density at radius 1 is 0.708 bits per heavy atom.